The van der Waals surface area contributed by atoms with E-state index < -0.39 is 0 Å². The summed E-state index contributed by atoms with van der Waals surface area (Å²) in [7, 11) is 0. The van der Waals surface area contributed by atoms with Gasteiger partial charge < -0.3 is 9.47 Å². The van der Waals surface area contributed by atoms with Crippen molar-refractivity contribution in [3.63, 3.8) is 0 Å². The van der Waals surface area contributed by atoms with Gasteiger partial charge in [-0.15, -0.1) is 0 Å². The average molecular weight is 268 g/mol. The molecule has 2 rings (SSSR count). The molecule has 0 saturated carbocycles. The molecule has 1 aromatic carbocycles. The van der Waals surface area contributed by atoms with Crippen LogP contribution in [0, 0.1) is 11.3 Å². The molecule has 0 bridgehead atoms. The minimum absolute atomic E-state index is 0.295. The van der Waals surface area contributed by atoms with E-state index in [2.05, 4.69) is 18.0 Å². The SMILES string of the molecule is CCCOc1ccccc1OCc1cccnc1C#N. The van der Waals surface area contributed by atoms with Crippen LogP contribution < -0.4 is 9.47 Å². The van der Waals surface area contributed by atoms with Crippen molar-refractivity contribution in [1.82, 2.24) is 4.98 Å². The standard InChI is InChI=1S/C16H16N2O2/c1-2-10-19-15-7-3-4-8-16(15)20-12-13-6-5-9-18-14(13)11-17/h3-9H,2,10,12H2,1H3. The van der Waals surface area contributed by atoms with E-state index in [0.29, 0.717) is 24.7 Å². The highest BCUT2D eigenvalue weighted by molar-refractivity contribution is 5.40. The summed E-state index contributed by atoms with van der Waals surface area (Å²) in [5.41, 5.74) is 1.15. The van der Waals surface area contributed by atoms with Crippen LogP contribution in [0.25, 0.3) is 0 Å². The van der Waals surface area contributed by atoms with Crippen LogP contribution in [0.5, 0.6) is 11.5 Å². The molecular weight excluding hydrogens is 252 g/mol. The Hall–Kier alpha value is -2.54. The summed E-state index contributed by atoms with van der Waals surface area (Å²) in [5.74, 6) is 1.39. The average Bonchev–Trinajstić information content (AvgIpc) is 2.52. The molecule has 0 spiro atoms. The van der Waals surface area contributed by atoms with Crippen LogP contribution in [-0.2, 0) is 6.61 Å². The van der Waals surface area contributed by atoms with Gasteiger partial charge in [0, 0.05) is 11.8 Å². The topological polar surface area (TPSA) is 55.1 Å². The molecule has 0 aliphatic heterocycles. The molecule has 4 nitrogen and oxygen atoms in total. The quantitative estimate of drug-likeness (QED) is 0.806. The van der Waals surface area contributed by atoms with Gasteiger partial charge in [0.25, 0.3) is 0 Å². The van der Waals surface area contributed by atoms with Gasteiger partial charge in [-0.3, -0.25) is 0 Å². The highest BCUT2D eigenvalue weighted by Gasteiger charge is 2.07. The molecule has 0 radical (unpaired) electrons. The van der Waals surface area contributed by atoms with Gasteiger partial charge in [0.05, 0.1) is 6.61 Å². The van der Waals surface area contributed by atoms with E-state index in [1.54, 1.807) is 12.3 Å². The maximum atomic E-state index is 8.99. The van der Waals surface area contributed by atoms with E-state index in [4.69, 9.17) is 14.7 Å². The van der Waals surface area contributed by atoms with Crippen molar-refractivity contribution < 1.29 is 9.47 Å². The van der Waals surface area contributed by atoms with Crippen LogP contribution in [0.4, 0.5) is 0 Å². The highest BCUT2D eigenvalue weighted by atomic mass is 16.5. The summed E-state index contributed by atoms with van der Waals surface area (Å²) >= 11 is 0. The Morgan fingerprint density at radius 1 is 1.10 bits per heavy atom. The van der Waals surface area contributed by atoms with E-state index in [1.165, 1.54) is 0 Å². The Balaban J connectivity index is 2.09. The predicted molar refractivity (Wildman–Crippen MR) is 75.5 cm³/mol. The van der Waals surface area contributed by atoms with Crippen LogP contribution in [0.2, 0.25) is 0 Å². The number of hydrogen-bond acceptors (Lipinski definition) is 4. The van der Waals surface area contributed by atoms with Crippen LogP contribution in [-0.4, -0.2) is 11.6 Å². The number of aromatic nitrogens is 1. The molecule has 1 heterocycles. The zero-order valence-electron chi connectivity index (χ0n) is 11.4. The van der Waals surface area contributed by atoms with Crippen molar-refractivity contribution >= 4 is 0 Å². The Kier molecular flexibility index (Phi) is 4.96. The minimum Gasteiger partial charge on any atom is -0.490 e. The van der Waals surface area contributed by atoms with E-state index in [9.17, 15) is 0 Å². The third-order valence-corrected chi connectivity index (χ3v) is 2.69. The maximum Gasteiger partial charge on any atom is 0.161 e. The van der Waals surface area contributed by atoms with Gasteiger partial charge in [0.1, 0.15) is 18.4 Å². The van der Waals surface area contributed by atoms with Gasteiger partial charge in [-0.1, -0.05) is 25.1 Å². The molecule has 0 fully saturated rings. The van der Waals surface area contributed by atoms with Crippen molar-refractivity contribution in [2.24, 2.45) is 0 Å². The Bertz CT molecular complexity index is 605. The predicted octanol–water partition coefficient (Wildman–Crippen LogP) is 3.32. The second-order valence-electron chi connectivity index (χ2n) is 4.21. The first-order valence-corrected chi connectivity index (χ1v) is 6.53. The molecule has 0 aliphatic rings. The van der Waals surface area contributed by atoms with E-state index in [-0.39, 0.29) is 0 Å². The molecule has 0 unspecified atom stereocenters. The summed E-state index contributed by atoms with van der Waals surface area (Å²) < 4.78 is 11.4. The van der Waals surface area contributed by atoms with Crippen LogP contribution in [0.15, 0.2) is 42.6 Å². The molecule has 0 N–H and O–H groups in total. The molecule has 4 heteroatoms. The van der Waals surface area contributed by atoms with Gasteiger partial charge in [0.2, 0.25) is 0 Å². The van der Waals surface area contributed by atoms with Gasteiger partial charge in [-0.05, 0) is 24.6 Å². The van der Waals surface area contributed by atoms with E-state index in [0.717, 1.165) is 17.7 Å². The summed E-state index contributed by atoms with van der Waals surface area (Å²) in [6.45, 7) is 3.00. The lowest BCUT2D eigenvalue weighted by Crippen LogP contribution is -2.02. The number of nitriles is 1. The molecule has 0 aliphatic carbocycles. The fraction of sp³-hybridized carbons (Fsp3) is 0.250. The summed E-state index contributed by atoms with van der Waals surface area (Å²) in [5, 5.41) is 8.99. The van der Waals surface area contributed by atoms with Crippen molar-refractivity contribution in [2.75, 3.05) is 6.61 Å². The number of para-hydroxylation sites is 2. The zero-order chi connectivity index (χ0) is 14.2. The molecule has 20 heavy (non-hydrogen) atoms. The first-order valence-electron chi connectivity index (χ1n) is 6.53. The molecular formula is C16H16N2O2. The fourth-order valence-electron chi connectivity index (χ4n) is 1.71. The Labute approximate surface area is 118 Å². The summed E-state index contributed by atoms with van der Waals surface area (Å²) in [4.78, 5) is 4.01. The van der Waals surface area contributed by atoms with E-state index >= 15 is 0 Å². The van der Waals surface area contributed by atoms with Crippen molar-refractivity contribution in [2.45, 2.75) is 20.0 Å². The smallest absolute Gasteiger partial charge is 0.161 e. The lowest BCUT2D eigenvalue weighted by molar-refractivity contribution is 0.261. The molecule has 1 aromatic heterocycles. The molecule has 0 saturated heterocycles. The van der Waals surface area contributed by atoms with Crippen molar-refractivity contribution in [3.8, 4) is 17.6 Å². The summed E-state index contributed by atoms with van der Waals surface area (Å²) in [6, 6.07) is 13.2. The number of nitrogens with zero attached hydrogens (tertiary/aromatic N) is 2. The fourth-order valence-corrected chi connectivity index (χ4v) is 1.71. The largest absolute Gasteiger partial charge is 0.490 e. The third kappa shape index (κ3) is 3.48. The number of hydrogen-bond donors (Lipinski definition) is 0. The van der Waals surface area contributed by atoms with Gasteiger partial charge in [0.15, 0.2) is 11.5 Å². The second kappa shape index (κ2) is 7.15. The summed E-state index contributed by atoms with van der Waals surface area (Å²) in [6.07, 6.45) is 2.54. The Morgan fingerprint density at radius 3 is 2.55 bits per heavy atom. The van der Waals surface area contributed by atoms with Gasteiger partial charge in [-0.2, -0.15) is 5.26 Å². The lowest BCUT2D eigenvalue weighted by atomic mass is 10.2. The van der Waals surface area contributed by atoms with E-state index in [1.807, 2.05) is 30.3 Å². The molecule has 0 amide bonds. The van der Waals surface area contributed by atoms with Crippen LogP contribution in [0.1, 0.15) is 24.6 Å². The maximum absolute atomic E-state index is 8.99. The normalized spacial score (nSPS) is 9.80. The van der Waals surface area contributed by atoms with Gasteiger partial charge in [-0.25, -0.2) is 4.98 Å². The molecule has 2 aromatic rings. The number of rotatable bonds is 6. The molecule has 102 valence electrons. The first kappa shape index (κ1) is 13.9. The van der Waals surface area contributed by atoms with Crippen LogP contribution >= 0.6 is 0 Å². The first-order chi connectivity index (χ1) is 9.85. The Morgan fingerprint density at radius 2 is 1.85 bits per heavy atom. The highest BCUT2D eigenvalue weighted by Crippen LogP contribution is 2.27. The zero-order valence-corrected chi connectivity index (χ0v) is 11.4. The number of pyridine rings is 1. The number of ether oxygens (including phenoxy) is 2. The monoisotopic (exact) mass is 268 g/mol. The molecule has 0 atom stereocenters. The third-order valence-electron chi connectivity index (χ3n) is 2.69. The van der Waals surface area contributed by atoms with Crippen molar-refractivity contribution in [1.29, 1.82) is 5.26 Å². The lowest BCUT2D eigenvalue weighted by Gasteiger charge is -2.12. The van der Waals surface area contributed by atoms with Gasteiger partial charge >= 0.3 is 0 Å². The second-order valence-corrected chi connectivity index (χ2v) is 4.21. The number of benzene rings is 1. The van der Waals surface area contributed by atoms with Crippen molar-refractivity contribution in [3.05, 3.63) is 53.9 Å². The van der Waals surface area contributed by atoms with Crippen LogP contribution in [0.3, 0.4) is 0 Å². The minimum atomic E-state index is 0.295.